The van der Waals surface area contributed by atoms with Crippen LogP contribution in [0.2, 0.25) is 0 Å². The number of nitrogens with zero attached hydrogens (tertiary/aromatic N) is 1. The van der Waals surface area contributed by atoms with Crippen molar-refractivity contribution in [2.45, 2.75) is 33.1 Å². The van der Waals surface area contributed by atoms with Crippen LogP contribution in [-0.4, -0.2) is 48.2 Å². The van der Waals surface area contributed by atoms with E-state index in [2.05, 4.69) is 5.32 Å². The second kappa shape index (κ2) is 11.2. The van der Waals surface area contributed by atoms with Crippen molar-refractivity contribution in [3.8, 4) is 0 Å². The summed E-state index contributed by atoms with van der Waals surface area (Å²) in [6.07, 6.45) is 3.12. The lowest BCUT2D eigenvalue weighted by Crippen LogP contribution is -2.39. The molecule has 1 aliphatic rings. The van der Waals surface area contributed by atoms with Crippen molar-refractivity contribution in [1.82, 2.24) is 4.90 Å². The Balaban J connectivity index is 2.04. The van der Waals surface area contributed by atoms with Crippen molar-refractivity contribution < 1.29 is 28.2 Å². The Kier molecular flexibility index (Phi) is 8.39. The average Bonchev–Trinajstić information content (AvgIpc) is 2.83. The summed E-state index contributed by atoms with van der Waals surface area (Å²) in [6.45, 7) is 4.34. The molecule has 0 aromatic heterocycles. The molecule has 2 N–H and O–H groups in total. The summed E-state index contributed by atoms with van der Waals surface area (Å²) in [6, 6.07) is 10.8. The van der Waals surface area contributed by atoms with Crippen LogP contribution in [0.4, 0.5) is 14.5 Å². The topological polar surface area (TPSA) is 78.9 Å². The van der Waals surface area contributed by atoms with Crippen LogP contribution in [0.25, 0.3) is 0 Å². The smallest absolute Gasteiger partial charge is 0.337 e. The molecular formula is C26H30F2N2O4. The Bertz CT molecular complexity index is 1070. The molecule has 6 nitrogen and oxygen atoms in total. The van der Waals surface area contributed by atoms with Crippen LogP contribution in [0.15, 0.2) is 54.2 Å². The highest BCUT2D eigenvalue weighted by Gasteiger charge is 2.31. The zero-order valence-electron chi connectivity index (χ0n) is 19.4. The molecule has 3 rings (SSSR count). The van der Waals surface area contributed by atoms with Gasteiger partial charge in [-0.05, 0) is 48.1 Å². The predicted octanol–water partition coefficient (Wildman–Crippen LogP) is 4.30. The molecule has 0 saturated heterocycles. The maximum Gasteiger partial charge on any atom is 0.337 e. The number of carbonyl (C=O) groups excluding carboxylic acids is 2. The third-order valence-electron chi connectivity index (χ3n) is 6.05. The molecule has 0 spiro atoms. The van der Waals surface area contributed by atoms with Gasteiger partial charge >= 0.3 is 5.97 Å². The Morgan fingerprint density at radius 3 is 2.65 bits per heavy atom. The molecular weight excluding hydrogens is 442 g/mol. The van der Waals surface area contributed by atoms with E-state index in [-0.39, 0.29) is 42.9 Å². The minimum atomic E-state index is -1.12. The zero-order valence-corrected chi connectivity index (χ0v) is 19.4. The van der Waals surface area contributed by atoms with E-state index in [1.54, 1.807) is 0 Å². The summed E-state index contributed by atoms with van der Waals surface area (Å²) in [5, 5.41) is 12.3. The monoisotopic (exact) mass is 472 g/mol. The van der Waals surface area contributed by atoms with Crippen molar-refractivity contribution in [1.29, 1.82) is 0 Å². The highest BCUT2D eigenvalue weighted by atomic mass is 19.2. The normalized spacial score (nSPS) is 19.9. The van der Waals surface area contributed by atoms with Gasteiger partial charge in [0.1, 0.15) is 0 Å². The molecule has 1 atom stereocenters. The largest absolute Gasteiger partial charge is 0.462 e. The number of nitrogens with one attached hydrogen (secondary N) is 1. The van der Waals surface area contributed by atoms with E-state index in [0.717, 1.165) is 29.8 Å². The van der Waals surface area contributed by atoms with Gasteiger partial charge in [0.05, 0.1) is 12.2 Å². The predicted molar refractivity (Wildman–Crippen MR) is 125 cm³/mol. The fraction of sp³-hybridized carbons (Fsp3) is 0.385. The number of hydrogen-bond acceptors (Lipinski definition) is 5. The number of anilines is 1. The first kappa shape index (κ1) is 25.4. The van der Waals surface area contributed by atoms with E-state index < -0.39 is 23.5 Å². The molecule has 1 heterocycles. The van der Waals surface area contributed by atoms with Gasteiger partial charge in [0, 0.05) is 43.6 Å². The van der Waals surface area contributed by atoms with Gasteiger partial charge in [0.2, 0.25) is 0 Å². The number of fused-ring (bicyclic) bond motifs is 1. The average molecular weight is 473 g/mol. The number of benzene rings is 2. The minimum absolute atomic E-state index is 0.0213. The number of aliphatic hydroxyl groups excluding tert-OH is 1. The van der Waals surface area contributed by atoms with Gasteiger partial charge in [0.25, 0.3) is 5.91 Å². The van der Waals surface area contributed by atoms with E-state index in [9.17, 15) is 18.4 Å². The number of carbonyl (C=O) groups is 2. The lowest BCUT2D eigenvalue weighted by atomic mass is 9.80. The standard InChI is InChI=1S/C26H30F2N2O4/c1-3-26(2)14-19-7-4-5-8-23(19)29-15-20(25(33)34-12-6-11-31)16-30(17-26)24(32)18-9-10-21(27)22(28)13-18/h4-5,7-10,13,16,29,31H,3,6,11-12,14-15,17H2,1-2H3/b20-16+. The third kappa shape index (κ3) is 6.20. The van der Waals surface area contributed by atoms with E-state index in [4.69, 9.17) is 9.84 Å². The summed E-state index contributed by atoms with van der Waals surface area (Å²) in [7, 11) is 0. The Morgan fingerprint density at radius 1 is 1.18 bits per heavy atom. The molecule has 1 amide bonds. The highest BCUT2D eigenvalue weighted by molar-refractivity contribution is 5.96. The lowest BCUT2D eigenvalue weighted by Gasteiger charge is -2.35. The first-order chi connectivity index (χ1) is 16.3. The van der Waals surface area contributed by atoms with Crippen molar-refractivity contribution >= 4 is 17.6 Å². The van der Waals surface area contributed by atoms with Crippen molar-refractivity contribution in [3.05, 3.63) is 77.0 Å². The van der Waals surface area contributed by atoms with Gasteiger partial charge in [-0.2, -0.15) is 0 Å². The number of esters is 1. The minimum Gasteiger partial charge on any atom is -0.462 e. The van der Waals surface area contributed by atoms with Gasteiger partial charge in [-0.25, -0.2) is 13.6 Å². The van der Waals surface area contributed by atoms with E-state index in [1.165, 1.54) is 17.2 Å². The number of ether oxygens (including phenoxy) is 1. The summed E-state index contributed by atoms with van der Waals surface area (Å²) in [4.78, 5) is 27.6. The Morgan fingerprint density at radius 2 is 1.94 bits per heavy atom. The highest BCUT2D eigenvalue weighted by Crippen LogP contribution is 2.33. The number of amides is 1. The molecule has 1 aliphatic heterocycles. The van der Waals surface area contributed by atoms with Gasteiger partial charge < -0.3 is 20.1 Å². The molecule has 0 aliphatic carbocycles. The molecule has 0 bridgehead atoms. The van der Waals surface area contributed by atoms with Crippen LogP contribution in [0.3, 0.4) is 0 Å². The SMILES string of the molecule is CCC1(C)Cc2ccccc2NC/C(C(=O)OCCCO)=C\N(C(=O)c2ccc(F)c(F)c2)C1. The quantitative estimate of drug-likeness (QED) is 0.484. The maximum absolute atomic E-state index is 13.9. The molecule has 0 radical (unpaired) electrons. The van der Waals surface area contributed by atoms with Crippen LogP contribution < -0.4 is 5.32 Å². The summed E-state index contributed by atoms with van der Waals surface area (Å²) in [5.74, 6) is -3.33. The van der Waals surface area contributed by atoms with Crippen LogP contribution in [0.5, 0.6) is 0 Å². The van der Waals surface area contributed by atoms with Crippen LogP contribution in [0.1, 0.15) is 42.6 Å². The molecule has 0 saturated carbocycles. The molecule has 1 unspecified atom stereocenters. The first-order valence-electron chi connectivity index (χ1n) is 11.3. The molecule has 2 aromatic carbocycles. The second-order valence-corrected chi connectivity index (χ2v) is 8.78. The Labute approximate surface area is 198 Å². The number of para-hydroxylation sites is 1. The lowest BCUT2D eigenvalue weighted by molar-refractivity contribution is -0.139. The molecule has 0 fully saturated rings. The molecule has 2 aromatic rings. The molecule has 8 heteroatoms. The molecule has 34 heavy (non-hydrogen) atoms. The number of aliphatic hydroxyl groups is 1. The third-order valence-corrected chi connectivity index (χ3v) is 6.05. The summed E-state index contributed by atoms with van der Waals surface area (Å²) in [5.41, 5.74) is 1.74. The van der Waals surface area contributed by atoms with Crippen molar-refractivity contribution in [3.63, 3.8) is 0 Å². The summed E-state index contributed by atoms with van der Waals surface area (Å²) < 4.78 is 32.6. The van der Waals surface area contributed by atoms with E-state index in [1.807, 2.05) is 38.1 Å². The van der Waals surface area contributed by atoms with Gasteiger partial charge in [0.15, 0.2) is 11.6 Å². The maximum atomic E-state index is 13.9. The fourth-order valence-corrected chi connectivity index (χ4v) is 3.85. The Hall–Kier alpha value is -3.26. The van der Waals surface area contributed by atoms with Gasteiger partial charge in [-0.15, -0.1) is 0 Å². The molecule has 182 valence electrons. The van der Waals surface area contributed by atoms with Crippen LogP contribution in [-0.2, 0) is 16.0 Å². The van der Waals surface area contributed by atoms with Crippen LogP contribution >= 0.6 is 0 Å². The van der Waals surface area contributed by atoms with E-state index in [0.29, 0.717) is 12.8 Å². The van der Waals surface area contributed by atoms with Crippen molar-refractivity contribution in [2.24, 2.45) is 5.41 Å². The number of halogens is 2. The number of hydrogen-bond donors (Lipinski definition) is 2. The number of rotatable bonds is 6. The van der Waals surface area contributed by atoms with Crippen LogP contribution in [0, 0.1) is 17.0 Å². The second-order valence-electron chi connectivity index (χ2n) is 8.78. The van der Waals surface area contributed by atoms with Gasteiger partial charge in [-0.1, -0.05) is 32.0 Å². The fourth-order valence-electron chi connectivity index (χ4n) is 3.85. The van der Waals surface area contributed by atoms with Gasteiger partial charge in [-0.3, -0.25) is 4.79 Å². The first-order valence-corrected chi connectivity index (χ1v) is 11.3. The van der Waals surface area contributed by atoms with E-state index >= 15 is 0 Å². The van der Waals surface area contributed by atoms with Crippen molar-refractivity contribution in [2.75, 3.05) is 31.6 Å². The summed E-state index contributed by atoms with van der Waals surface area (Å²) >= 11 is 0. The zero-order chi connectivity index (χ0) is 24.7.